The Morgan fingerprint density at radius 2 is 0.857 bits per heavy atom. The number of ether oxygens (including phenoxy) is 2. The van der Waals surface area contributed by atoms with Crippen LogP contribution in [-0.4, -0.2) is 36.1 Å². The molecule has 0 bridgehead atoms. The lowest BCUT2D eigenvalue weighted by atomic mass is 10.3. The summed E-state index contributed by atoms with van der Waals surface area (Å²) in [4.78, 5) is 0. The largest absolute Gasteiger partial charge is 0.497 e. The van der Waals surface area contributed by atoms with Gasteiger partial charge in [0.2, 0.25) is 0 Å². The Kier molecular flexibility index (Phi) is 19.1. The van der Waals surface area contributed by atoms with Crippen molar-refractivity contribution in [3.05, 3.63) is 24.3 Å². The van der Waals surface area contributed by atoms with Crippen molar-refractivity contribution in [2.24, 2.45) is 0 Å². The van der Waals surface area contributed by atoms with Crippen molar-refractivity contribution in [1.29, 1.82) is 0 Å². The van der Waals surface area contributed by atoms with Gasteiger partial charge in [-0.3, -0.25) is 0 Å². The first-order valence-electron chi connectivity index (χ1n) is 3.05. The molecule has 0 aliphatic carbocycles. The van der Waals surface area contributed by atoms with Gasteiger partial charge in [-0.25, -0.2) is 0 Å². The van der Waals surface area contributed by atoms with Gasteiger partial charge >= 0.3 is 0 Å². The maximum absolute atomic E-state index is 4.96. The quantitative estimate of drug-likeness (QED) is 0.579. The van der Waals surface area contributed by atoms with Gasteiger partial charge in [0, 0.05) is 0 Å². The van der Waals surface area contributed by atoms with Crippen LogP contribution in [0.5, 0.6) is 11.5 Å². The van der Waals surface area contributed by atoms with E-state index in [2.05, 4.69) is 0 Å². The molecule has 0 spiro atoms. The average Bonchev–Trinajstić information content (AvgIpc) is 2.05. The van der Waals surface area contributed by atoms with E-state index in [-0.39, 0.29) is 21.9 Å². The monoisotopic (exact) mass is 210 g/mol. The van der Waals surface area contributed by atoms with E-state index in [1.807, 2.05) is 24.3 Å². The summed E-state index contributed by atoms with van der Waals surface area (Å²) in [5.41, 5.74) is 0. The van der Waals surface area contributed by atoms with Crippen LogP contribution >= 0.6 is 0 Å². The van der Waals surface area contributed by atoms with Crippen molar-refractivity contribution in [2.75, 3.05) is 14.2 Å². The normalized spacial score (nSPS) is 6.43. The number of hydrogen-bond donors (Lipinski definition) is 0. The van der Waals surface area contributed by atoms with Gasteiger partial charge in [0.15, 0.2) is 0 Å². The van der Waals surface area contributed by atoms with Crippen molar-refractivity contribution in [1.82, 2.24) is 0 Å². The van der Waals surface area contributed by atoms with Gasteiger partial charge in [0.1, 0.15) is 11.5 Å². The maximum atomic E-state index is 4.96. The van der Waals surface area contributed by atoms with Crippen LogP contribution in [-0.2, 0) is 0 Å². The van der Waals surface area contributed by atoms with E-state index in [4.69, 9.17) is 9.47 Å². The van der Waals surface area contributed by atoms with Gasteiger partial charge < -0.3 is 31.4 Å². The van der Waals surface area contributed by atoms with Crippen LogP contribution < -0.4 is 9.47 Å². The van der Waals surface area contributed by atoms with Crippen molar-refractivity contribution < 1.29 is 31.4 Å². The zero-order chi connectivity index (χ0) is 7.40. The van der Waals surface area contributed by atoms with Crippen LogP contribution in [0.15, 0.2) is 24.3 Å². The zero-order valence-electron chi connectivity index (χ0n) is 8.13. The molecule has 0 aromatic heterocycles. The number of benzene rings is 1. The van der Waals surface area contributed by atoms with E-state index in [9.17, 15) is 0 Å². The molecule has 0 aliphatic rings. The summed E-state index contributed by atoms with van der Waals surface area (Å²) in [6.07, 6.45) is 0. The molecule has 0 saturated carbocycles. The van der Waals surface area contributed by atoms with Gasteiger partial charge in [-0.05, 0) is 24.3 Å². The summed E-state index contributed by atoms with van der Waals surface area (Å²) in [6, 6.07) is 7.44. The Labute approximate surface area is 82.3 Å². The molecule has 0 atom stereocenters. The average molecular weight is 210 g/mol. The lowest BCUT2D eigenvalue weighted by Gasteiger charge is -2.00. The van der Waals surface area contributed by atoms with Crippen LogP contribution in [0.4, 0.5) is 0 Å². The predicted molar refractivity (Wildman–Crippen MR) is 54.0 cm³/mol. The second-order valence-electron chi connectivity index (χ2n) is 1.88. The van der Waals surface area contributed by atoms with E-state index in [1.54, 1.807) is 14.2 Å². The molecule has 0 unspecified atom stereocenters. The van der Waals surface area contributed by atoms with Crippen LogP contribution in [0, 0.1) is 0 Å². The summed E-state index contributed by atoms with van der Waals surface area (Å²) < 4.78 is 9.92. The van der Waals surface area contributed by atoms with E-state index in [0.717, 1.165) is 11.5 Å². The van der Waals surface area contributed by atoms with Gasteiger partial charge in [0.05, 0.1) is 14.2 Å². The first-order valence-corrected chi connectivity index (χ1v) is 3.05. The lowest BCUT2D eigenvalue weighted by molar-refractivity contribution is 0.403. The standard InChI is InChI=1S/C8H10O2.4H2O/c1-9-7-3-5-8(10-2)6-4-7;;;;/h3-6H,1-2H3;4*1H2. The summed E-state index contributed by atoms with van der Waals surface area (Å²) in [6.45, 7) is 0. The van der Waals surface area contributed by atoms with E-state index >= 15 is 0 Å². The van der Waals surface area contributed by atoms with Crippen molar-refractivity contribution in [2.45, 2.75) is 0 Å². The summed E-state index contributed by atoms with van der Waals surface area (Å²) in [5.74, 6) is 1.70. The fourth-order valence-electron chi connectivity index (χ4n) is 0.712. The SMILES string of the molecule is COc1ccc(OC)cc1.O.O.O.O. The van der Waals surface area contributed by atoms with Gasteiger partial charge in [0.25, 0.3) is 0 Å². The molecule has 0 fully saturated rings. The molecule has 0 heterocycles. The minimum Gasteiger partial charge on any atom is -0.497 e. The van der Waals surface area contributed by atoms with Crippen molar-refractivity contribution >= 4 is 0 Å². The minimum atomic E-state index is 0. The highest BCUT2D eigenvalue weighted by Gasteiger charge is 1.89. The summed E-state index contributed by atoms with van der Waals surface area (Å²) in [5, 5.41) is 0. The smallest absolute Gasteiger partial charge is 0.119 e. The summed E-state index contributed by atoms with van der Waals surface area (Å²) >= 11 is 0. The number of methoxy groups -OCH3 is 2. The number of rotatable bonds is 2. The Morgan fingerprint density at radius 3 is 1.00 bits per heavy atom. The molecule has 8 N–H and O–H groups in total. The van der Waals surface area contributed by atoms with Gasteiger partial charge in [-0.2, -0.15) is 0 Å². The fourth-order valence-corrected chi connectivity index (χ4v) is 0.712. The lowest BCUT2D eigenvalue weighted by Crippen LogP contribution is -1.83. The molecule has 0 amide bonds. The third-order valence-electron chi connectivity index (χ3n) is 1.30. The second-order valence-corrected chi connectivity index (χ2v) is 1.88. The van der Waals surface area contributed by atoms with Crippen molar-refractivity contribution in [3.63, 3.8) is 0 Å². The molecular weight excluding hydrogens is 192 g/mol. The molecule has 6 heteroatoms. The van der Waals surface area contributed by atoms with Crippen LogP contribution in [0.2, 0.25) is 0 Å². The third-order valence-corrected chi connectivity index (χ3v) is 1.30. The highest BCUT2D eigenvalue weighted by molar-refractivity contribution is 5.30. The molecule has 0 saturated heterocycles. The molecule has 1 rings (SSSR count). The second kappa shape index (κ2) is 11.7. The molecule has 1 aromatic carbocycles. The molecule has 1 aromatic rings. The molecular formula is C8H18O6. The Balaban J connectivity index is -0.000000125. The summed E-state index contributed by atoms with van der Waals surface area (Å²) in [7, 11) is 3.28. The highest BCUT2D eigenvalue weighted by Crippen LogP contribution is 2.15. The first-order chi connectivity index (χ1) is 4.86. The van der Waals surface area contributed by atoms with Crippen molar-refractivity contribution in [3.8, 4) is 11.5 Å². The molecule has 0 aliphatic heterocycles. The van der Waals surface area contributed by atoms with Crippen LogP contribution in [0.1, 0.15) is 0 Å². The van der Waals surface area contributed by atoms with E-state index < -0.39 is 0 Å². The molecule has 6 nitrogen and oxygen atoms in total. The zero-order valence-corrected chi connectivity index (χ0v) is 8.13. The highest BCUT2D eigenvalue weighted by atomic mass is 16.5. The Bertz CT molecular complexity index is 174. The molecule has 86 valence electrons. The molecule has 14 heavy (non-hydrogen) atoms. The van der Waals surface area contributed by atoms with E-state index in [0.29, 0.717) is 0 Å². The van der Waals surface area contributed by atoms with Gasteiger partial charge in [-0.15, -0.1) is 0 Å². The first kappa shape index (κ1) is 23.0. The number of hydrogen-bond acceptors (Lipinski definition) is 2. The maximum Gasteiger partial charge on any atom is 0.119 e. The van der Waals surface area contributed by atoms with Gasteiger partial charge in [-0.1, -0.05) is 0 Å². The van der Waals surface area contributed by atoms with E-state index in [1.165, 1.54) is 0 Å². The Morgan fingerprint density at radius 1 is 0.643 bits per heavy atom. The minimum absolute atomic E-state index is 0. The topological polar surface area (TPSA) is 144 Å². The molecule has 0 radical (unpaired) electrons. The third kappa shape index (κ3) is 6.21. The van der Waals surface area contributed by atoms with Crippen LogP contribution in [0.3, 0.4) is 0 Å². The fraction of sp³-hybridized carbons (Fsp3) is 0.250. The predicted octanol–water partition coefficient (Wildman–Crippen LogP) is -1.60. The van der Waals surface area contributed by atoms with Crippen LogP contribution in [0.25, 0.3) is 0 Å². The Hall–Kier alpha value is -1.34.